The first-order valence-electron chi connectivity index (χ1n) is 5.32. The van der Waals surface area contributed by atoms with Crippen molar-refractivity contribution in [1.82, 2.24) is 9.88 Å². The summed E-state index contributed by atoms with van der Waals surface area (Å²) in [6.45, 7) is 7.07. The molecule has 2 rings (SSSR count). The first-order chi connectivity index (χ1) is 7.46. The average Bonchev–Trinajstić information content (AvgIpc) is 2.49. The van der Waals surface area contributed by atoms with Gasteiger partial charge in [0.15, 0.2) is 0 Å². The van der Waals surface area contributed by atoms with E-state index in [4.69, 9.17) is 4.74 Å². The number of hydrogen-bond acceptors (Lipinski definition) is 4. The SMILES string of the molecule is CC(C)(C)OC(=O)N1CC(c2cscn2)C1. The van der Waals surface area contributed by atoms with E-state index in [1.165, 1.54) is 0 Å². The maximum atomic E-state index is 11.6. The van der Waals surface area contributed by atoms with Gasteiger partial charge in [0.1, 0.15) is 5.60 Å². The fraction of sp³-hybridized carbons (Fsp3) is 0.636. The van der Waals surface area contributed by atoms with Crippen LogP contribution in [-0.4, -0.2) is 34.7 Å². The first kappa shape index (κ1) is 11.4. The second-order valence-corrected chi connectivity index (χ2v) is 5.71. The van der Waals surface area contributed by atoms with Crippen LogP contribution >= 0.6 is 11.3 Å². The van der Waals surface area contributed by atoms with Crippen molar-refractivity contribution in [2.75, 3.05) is 13.1 Å². The van der Waals surface area contributed by atoms with Crippen molar-refractivity contribution >= 4 is 17.4 Å². The molecule has 1 aliphatic heterocycles. The summed E-state index contributed by atoms with van der Waals surface area (Å²) >= 11 is 1.59. The van der Waals surface area contributed by atoms with Crippen LogP contribution in [0.2, 0.25) is 0 Å². The standard InChI is InChI=1S/C11H16N2O2S/c1-11(2,3)15-10(14)13-4-8(5-13)9-6-16-7-12-9/h6-8H,4-5H2,1-3H3. The molecule has 0 saturated carbocycles. The number of likely N-dealkylation sites (tertiary alicyclic amines) is 1. The zero-order valence-electron chi connectivity index (χ0n) is 9.77. The van der Waals surface area contributed by atoms with E-state index in [-0.39, 0.29) is 6.09 Å². The Bertz CT molecular complexity index is 364. The Hall–Kier alpha value is -1.10. The minimum Gasteiger partial charge on any atom is -0.444 e. The lowest BCUT2D eigenvalue weighted by Crippen LogP contribution is -2.50. The molecule has 0 aromatic carbocycles. The summed E-state index contributed by atoms with van der Waals surface area (Å²) in [5.74, 6) is 0.388. The highest BCUT2D eigenvalue weighted by molar-refractivity contribution is 7.07. The lowest BCUT2D eigenvalue weighted by Gasteiger charge is -2.38. The number of carbonyl (C=O) groups is 1. The van der Waals surface area contributed by atoms with Crippen molar-refractivity contribution in [3.8, 4) is 0 Å². The van der Waals surface area contributed by atoms with E-state index < -0.39 is 5.60 Å². The predicted molar refractivity (Wildman–Crippen MR) is 62.7 cm³/mol. The van der Waals surface area contributed by atoms with Crippen LogP contribution in [0.4, 0.5) is 4.79 Å². The minimum absolute atomic E-state index is 0.223. The smallest absolute Gasteiger partial charge is 0.410 e. The summed E-state index contributed by atoms with van der Waals surface area (Å²) in [5.41, 5.74) is 2.50. The molecular weight excluding hydrogens is 224 g/mol. The Morgan fingerprint density at radius 3 is 2.75 bits per heavy atom. The van der Waals surface area contributed by atoms with Gasteiger partial charge < -0.3 is 9.64 Å². The second-order valence-electron chi connectivity index (χ2n) is 5.00. The van der Waals surface area contributed by atoms with Crippen molar-refractivity contribution < 1.29 is 9.53 Å². The number of thiazole rings is 1. The van der Waals surface area contributed by atoms with E-state index in [0.717, 1.165) is 18.8 Å². The normalized spacial score (nSPS) is 17.1. The molecule has 4 nitrogen and oxygen atoms in total. The molecule has 0 bridgehead atoms. The molecule has 1 aromatic rings. The van der Waals surface area contributed by atoms with Crippen molar-refractivity contribution in [2.45, 2.75) is 32.3 Å². The van der Waals surface area contributed by atoms with Crippen molar-refractivity contribution in [1.29, 1.82) is 0 Å². The summed E-state index contributed by atoms with van der Waals surface area (Å²) in [6, 6.07) is 0. The molecule has 1 amide bonds. The third-order valence-corrected chi connectivity index (χ3v) is 3.01. The monoisotopic (exact) mass is 240 g/mol. The summed E-state index contributed by atoms with van der Waals surface area (Å²) in [6.07, 6.45) is -0.223. The molecule has 0 spiro atoms. The number of rotatable bonds is 1. The van der Waals surface area contributed by atoms with E-state index in [0.29, 0.717) is 5.92 Å². The maximum Gasteiger partial charge on any atom is 0.410 e. The summed E-state index contributed by atoms with van der Waals surface area (Å²) in [7, 11) is 0. The molecule has 16 heavy (non-hydrogen) atoms. The van der Waals surface area contributed by atoms with Gasteiger partial charge in [-0.3, -0.25) is 0 Å². The van der Waals surface area contributed by atoms with Gasteiger partial charge >= 0.3 is 6.09 Å². The van der Waals surface area contributed by atoms with E-state index >= 15 is 0 Å². The van der Waals surface area contributed by atoms with Crippen LogP contribution in [0.1, 0.15) is 32.4 Å². The van der Waals surface area contributed by atoms with Gasteiger partial charge in [0.2, 0.25) is 0 Å². The topological polar surface area (TPSA) is 42.4 Å². The van der Waals surface area contributed by atoms with Crippen molar-refractivity contribution in [2.24, 2.45) is 0 Å². The molecule has 0 radical (unpaired) electrons. The highest BCUT2D eigenvalue weighted by atomic mass is 32.1. The molecule has 88 valence electrons. The molecule has 0 N–H and O–H groups in total. The van der Waals surface area contributed by atoms with Gasteiger partial charge in [-0.25, -0.2) is 9.78 Å². The molecule has 1 fully saturated rings. The second kappa shape index (κ2) is 4.05. The molecule has 2 heterocycles. The fourth-order valence-corrected chi connectivity index (χ4v) is 2.20. The van der Waals surface area contributed by atoms with Gasteiger partial charge in [0.05, 0.1) is 11.2 Å². The lowest BCUT2D eigenvalue weighted by molar-refractivity contribution is 0.00792. The van der Waals surface area contributed by atoms with Gasteiger partial charge in [-0.1, -0.05) is 0 Å². The van der Waals surface area contributed by atoms with Gasteiger partial charge in [-0.15, -0.1) is 11.3 Å². The highest BCUT2D eigenvalue weighted by Gasteiger charge is 2.35. The Balaban J connectivity index is 1.82. The van der Waals surface area contributed by atoms with E-state index in [2.05, 4.69) is 4.98 Å². The number of carbonyl (C=O) groups excluding carboxylic acids is 1. The molecule has 5 heteroatoms. The number of hydrogen-bond donors (Lipinski definition) is 0. The number of nitrogens with zero attached hydrogens (tertiary/aromatic N) is 2. The Labute approximate surface area is 99.2 Å². The quantitative estimate of drug-likeness (QED) is 0.757. The molecule has 0 atom stereocenters. The zero-order chi connectivity index (χ0) is 11.8. The minimum atomic E-state index is -0.414. The fourth-order valence-electron chi connectivity index (χ4n) is 1.56. The molecule has 1 aromatic heterocycles. The average molecular weight is 240 g/mol. The molecular formula is C11H16N2O2S. The summed E-state index contributed by atoms with van der Waals surface area (Å²) < 4.78 is 5.28. The van der Waals surface area contributed by atoms with Gasteiger partial charge in [-0.05, 0) is 20.8 Å². The van der Waals surface area contributed by atoms with Gasteiger partial charge in [0, 0.05) is 24.4 Å². The predicted octanol–water partition coefficient (Wildman–Crippen LogP) is 2.48. The number of amides is 1. The molecule has 0 aliphatic carbocycles. The molecule has 1 saturated heterocycles. The Kier molecular flexibility index (Phi) is 2.88. The Morgan fingerprint density at radius 2 is 2.25 bits per heavy atom. The van der Waals surface area contributed by atoms with E-state index in [9.17, 15) is 4.79 Å². The Morgan fingerprint density at radius 1 is 1.56 bits per heavy atom. The zero-order valence-corrected chi connectivity index (χ0v) is 10.6. The number of aromatic nitrogens is 1. The van der Waals surface area contributed by atoms with E-state index in [1.54, 1.807) is 16.2 Å². The summed E-state index contributed by atoms with van der Waals surface area (Å²) in [5, 5.41) is 2.04. The van der Waals surface area contributed by atoms with Crippen LogP contribution in [0.3, 0.4) is 0 Å². The van der Waals surface area contributed by atoms with Crippen molar-refractivity contribution in [3.63, 3.8) is 0 Å². The van der Waals surface area contributed by atoms with Crippen LogP contribution in [0.15, 0.2) is 10.9 Å². The molecule has 0 unspecified atom stereocenters. The van der Waals surface area contributed by atoms with E-state index in [1.807, 2.05) is 31.7 Å². The molecule has 1 aliphatic rings. The van der Waals surface area contributed by atoms with Crippen LogP contribution in [0.25, 0.3) is 0 Å². The van der Waals surface area contributed by atoms with Crippen LogP contribution in [0, 0.1) is 0 Å². The maximum absolute atomic E-state index is 11.6. The highest BCUT2D eigenvalue weighted by Crippen LogP contribution is 2.27. The van der Waals surface area contributed by atoms with Crippen LogP contribution in [-0.2, 0) is 4.74 Å². The third kappa shape index (κ3) is 2.52. The summed E-state index contributed by atoms with van der Waals surface area (Å²) in [4.78, 5) is 17.6. The van der Waals surface area contributed by atoms with Crippen molar-refractivity contribution in [3.05, 3.63) is 16.6 Å². The third-order valence-electron chi connectivity index (χ3n) is 2.40. The van der Waals surface area contributed by atoms with Gasteiger partial charge in [0.25, 0.3) is 0 Å². The van der Waals surface area contributed by atoms with Crippen LogP contribution < -0.4 is 0 Å². The largest absolute Gasteiger partial charge is 0.444 e. The first-order valence-corrected chi connectivity index (χ1v) is 6.26. The van der Waals surface area contributed by atoms with Crippen LogP contribution in [0.5, 0.6) is 0 Å². The number of ether oxygens (including phenoxy) is 1. The van der Waals surface area contributed by atoms with Gasteiger partial charge in [-0.2, -0.15) is 0 Å². The lowest BCUT2D eigenvalue weighted by atomic mass is 9.98.